The summed E-state index contributed by atoms with van der Waals surface area (Å²) >= 11 is 5.94. The van der Waals surface area contributed by atoms with Crippen LogP contribution in [0.25, 0.3) is 11.4 Å². The highest BCUT2D eigenvalue weighted by molar-refractivity contribution is 6.30. The van der Waals surface area contributed by atoms with E-state index in [2.05, 4.69) is 19.9 Å². The molecule has 2 aromatic heterocycles. The molecular formula is C17H16ClN5. The molecule has 1 N–H and O–H groups in total. The summed E-state index contributed by atoms with van der Waals surface area (Å²) in [6, 6.07) is 7.63. The van der Waals surface area contributed by atoms with Crippen molar-refractivity contribution in [3.8, 4) is 11.4 Å². The lowest BCUT2D eigenvalue weighted by Crippen LogP contribution is -2.31. The number of imidazole rings is 1. The van der Waals surface area contributed by atoms with Gasteiger partial charge in [0, 0.05) is 42.3 Å². The quantitative estimate of drug-likeness (QED) is 0.804. The second-order valence-electron chi connectivity index (χ2n) is 5.67. The van der Waals surface area contributed by atoms with Crippen LogP contribution in [0.15, 0.2) is 42.9 Å². The Morgan fingerprint density at radius 2 is 2.04 bits per heavy atom. The number of nitrogens with zero attached hydrogens (tertiary/aromatic N) is 4. The van der Waals surface area contributed by atoms with Gasteiger partial charge in [-0.05, 0) is 36.2 Å². The summed E-state index contributed by atoms with van der Waals surface area (Å²) in [6.45, 7) is 2.63. The maximum absolute atomic E-state index is 5.94. The standard InChI is InChI=1S/C17H16ClN5/c18-14-3-1-12(2-4-14)17-21-9-13-5-8-23(10-15(13)22-17)11-16-19-6-7-20-16/h1-4,6-7,9H,5,8,10-11H2,(H,19,20). The van der Waals surface area contributed by atoms with Crippen molar-refractivity contribution in [3.05, 3.63) is 65.0 Å². The van der Waals surface area contributed by atoms with E-state index in [1.54, 1.807) is 6.20 Å². The molecule has 0 radical (unpaired) electrons. The summed E-state index contributed by atoms with van der Waals surface area (Å²) in [5.74, 6) is 1.74. The Morgan fingerprint density at radius 1 is 1.17 bits per heavy atom. The van der Waals surface area contributed by atoms with Crippen molar-refractivity contribution in [2.75, 3.05) is 6.54 Å². The van der Waals surface area contributed by atoms with E-state index in [-0.39, 0.29) is 0 Å². The van der Waals surface area contributed by atoms with Crippen LogP contribution in [-0.4, -0.2) is 31.4 Å². The minimum atomic E-state index is 0.719. The maximum Gasteiger partial charge on any atom is 0.159 e. The molecule has 0 aliphatic carbocycles. The molecule has 0 unspecified atom stereocenters. The van der Waals surface area contributed by atoms with Crippen LogP contribution in [-0.2, 0) is 19.5 Å². The van der Waals surface area contributed by atoms with Gasteiger partial charge in [0.15, 0.2) is 5.82 Å². The van der Waals surface area contributed by atoms with Gasteiger partial charge in [0.25, 0.3) is 0 Å². The highest BCUT2D eigenvalue weighted by Gasteiger charge is 2.19. The zero-order valence-electron chi connectivity index (χ0n) is 12.5. The average molecular weight is 326 g/mol. The van der Waals surface area contributed by atoms with Crippen LogP contribution in [0.2, 0.25) is 5.02 Å². The van der Waals surface area contributed by atoms with Crippen molar-refractivity contribution in [2.45, 2.75) is 19.5 Å². The van der Waals surface area contributed by atoms with Gasteiger partial charge >= 0.3 is 0 Å². The molecule has 3 aromatic rings. The summed E-state index contributed by atoms with van der Waals surface area (Å²) in [5.41, 5.74) is 3.32. The smallest absolute Gasteiger partial charge is 0.159 e. The lowest BCUT2D eigenvalue weighted by atomic mass is 10.1. The summed E-state index contributed by atoms with van der Waals surface area (Å²) < 4.78 is 0. The fourth-order valence-corrected chi connectivity index (χ4v) is 2.95. The second kappa shape index (κ2) is 6.10. The fraction of sp³-hybridized carbons (Fsp3) is 0.235. The number of nitrogens with one attached hydrogen (secondary N) is 1. The van der Waals surface area contributed by atoms with Crippen molar-refractivity contribution in [1.82, 2.24) is 24.8 Å². The highest BCUT2D eigenvalue weighted by atomic mass is 35.5. The molecule has 4 rings (SSSR count). The number of aromatic nitrogens is 4. The largest absolute Gasteiger partial charge is 0.348 e. The minimum Gasteiger partial charge on any atom is -0.348 e. The summed E-state index contributed by atoms with van der Waals surface area (Å²) in [4.78, 5) is 19.1. The molecule has 116 valence electrons. The van der Waals surface area contributed by atoms with Gasteiger partial charge in [-0.15, -0.1) is 0 Å². The van der Waals surface area contributed by atoms with Crippen molar-refractivity contribution in [3.63, 3.8) is 0 Å². The maximum atomic E-state index is 5.94. The Morgan fingerprint density at radius 3 is 2.83 bits per heavy atom. The summed E-state index contributed by atoms with van der Waals surface area (Å²) in [6.07, 6.45) is 6.56. The number of hydrogen-bond donors (Lipinski definition) is 1. The van der Waals surface area contributed by atoms with E-state index in [9.17, 15) is 0 Å². The van der Waals surface area contributed by atoms with Gasteiger partial charge in [-0.2, -0.15) is 0 Å². The topological polar surface area (TPSA) is 57.7 Å². The van der Waals surface area contributed by atoms with Crippen LogP contribution in [0.5, 0.6) is 0 Å². The molecule has 1 aliphatic heterocycles. The van der Waals surface area contributed by atoms with Gasteiger partial charge in [-0.3, -0.25) is 4.90 Å². The van der Waals surface area contributed by atoms with Crippen LogP contribution in [0, 0.1) is 0 Å². The van der Waals surface area contributed by atoms with Crippen LogP contribution >= 0.6 is 11.6 Å². The van der Waals surface area contributed by atoms with Crippen LogP contribution < -0.4 is 0 Å². The van der Waals surface area contributed by atoms with Crippen LogP contribution in [0.3, 0.4) is 0 Å². The Kier molecular flexibility index (Phi) is 3.81. The van der Waals surface area contributed by atoms with Crippen LogP contribution in [0.1, 0.15) is 17.1 Å². The van der Waals surface area contributed by atoms with Gasteiger partial charge < -0.3 is 4.98 Å². The number of aromatic amines is 1. The number of hydrogen-bond acceptors (Lipinski definition) is 4. The van der Waals surface area contributed by atoms with Crippen molar-refractivity contribution in [1.29, 1.82) is 0 Å². The molecule has 0 amide bonds. The lowest BCUT2D eigenvalue weighted by Gasteiger charge is -2.27. The van der Waals surface area contributed by atoms with E-state index >= 15 is 0 Å². The first-order valence-electron chi connectivity index (χ1n) is 7.59. The van der Waals surface area contributed by atoms with Gasteiger partial charge in [0.05, 0.1) is 12.2 Å². The highest BCUT2D eigenvalue weighted by Crippen LogP contribution is 2.22. The first-order valence-corrected chi connectivity index (χ1v) is 7.97. The summed E-state index contributed by atoms with van der Waals surface area (Å²) in [5, 5.41) is 0.719. The van der Waals surface area contributed by atoms with Gasteiger partial charge in [0.2, 0.25) is 0 Å². The number of fused-ring (bicyclic) bond motifs is 1. The lowest BCUT2D eigenvalue weighted by molar-refractivity contribution is 0.236. The molecule has 23 heavy (non-hydrogen) atoms. The first kappa shape index (κ1) is 14.4. The predicted molar refractivity (Wildman–Crippen MR) is 88.9 cm³/mol. The zero-order chi connectivity index (χ0) is 15.6. The number of halogens is 1. The molecule has 0 fully saturated rings. The fourth-order valence-electron chi connectivity index (χ4n) is 2.83. The van der Waals surface area contributed by atoms with E-state index in [0.717, 1.165) is 54.0 Å². The molecule has 3 heterocycles. The Labute approximate surface area is 139 Å². The van der Waals surface area contributed by atoms with E-state index in [0.29, 0.717) is 0 Å². The second-order valence-corrected chi connectivity index (χ2v) is 6.11. The molecule has 0 atom stereocenters. The summed E-state index contributed by atoms with van der Waals surface area (Å²) in [7, 11) is 0. The van der Waals surface area contributed by atoms with Gasteiger partial charge in [0.1, 0.15) is 5.82 Å². The third kappa shape index (κ3) is 3.11. The number of H-pyrrole nitrogens is 1. The minimum absolute atomic E-state index is 0.719. The van der Waals surface area contributed by atoms with E-state index in [1.807, 2.05) is 36.7 Å². The molecule has 5 nitrogen and oxygen atoms in total. The number of benzene rings is 1. The monoisotopic (exact) mass is 325 g/mol. The molecule has 0 bridgehead atoms. The first-order chi connectivity index (χ1) is 11.3. The number of rotatable bonds is 3. The van der Waals surface area contributed by atoms with E-state index in [1.165, 1.54) is 5.56 Å². The Hall–Kier alpha value is -2.24. The third-order valence-corrected chi connectivity index (χ3v) is 4.31. The van der Waals surface area contributed by atoms with Crippen molar-refractivity contribution < 1.29 is 0 Å². The molecular weight excluding hydrogens is 310 g/mol. The molecule has 0 spiro atoms. The normalized spacial score (nSPS) is 14.7. The molecule has 0 saturated heterocycles. The molecule has 1 aliphatic rings. The molecule has 1 aromatic carbocycles. The zero-order valence-corrected chi connectivity index (χ0v) is 13.3. The van der Waals surface area contributed by atoms with Crippen LogP contribution in [0.4, 0.5) is 0 Å². The van der Waals surface area contributed by atoms with E-state index in [4.69, 9.17) is 16.6 Å². The van der Waals surface area contributed by atoms with Gasteiger partial charge in [-0.1, -0.05) is 11.6 Å². The predicted octanol–water partition coefficient (Wildman–Crippen LogP) is 3.08. The van der Waals surface area contributed by atoms with Crippen molar-refractivity contribution in [2.24, 2.45) is 0 Å². The third-order valence-electron chi connectivity index (χ3n) is 4.06. The van der Waals surface area contributed by atoms with E-state index < -0.39 is 0 Å². The SMILES string of the molecule is Clc1ccc(-c2ncc3c(n2)CN(Cc2ncc[nH]2)CC3)cc1. The average Bonchev–Trinajstić information content (AvgIpc) is 3.08. The van der Waals surface area contributed by atoms with Crippen molar-refractivity contribution >= 4 is 11.6 Å². The molecule has 0 saturated carbocycles. The Balaban J connectivity index is 1.57. The Bertz CT molecular complexity index is 798. The molecule has 6 heteroatoms. The van der Waals surface area contributed by atoms with Gasteiger partial charge in [-0.25, -0.2) is 15.0 Å².